The third kappa shape index (κ3) is 3.29. The number of hydrogen-bond donors (Lipinski definition) is 2. The van der Waals surface area contributed by atoms with Crippen LogP contribution in [0.1, 0.15) is 21.5 Å². The fraction of sp³-hybridized carbons (Fsp3) is 0.0556. The highest BCUT2D eigenvalue weighted by Gasteiger charge is 2.34. The number of aromatic carboxylic acids is 1. The third-order valence-electron chi connectivity index (χ3n) is 3.71. The molecule has 0 bridgehead atoms. The summed E-state index contributed by atoms with van der Waals surface area (Å²) in [5.74, 6) is -1.35. The fourth-order valence-electron chi connectivity index (χ4n) is 2.41. The van der Waals surface area contributed by atoms with Crippen molar-refractivity contribution in [3.05, 3.63) is 64.1 Å². The summed E-state index contributed by atoms with van der Waals surface area (Å²) in [4.78, 5) is 25.7. The molecule has 2 N–H and O–H groups in total. The maximum absolute atomic E-state index is 12.8. The second kappa shape index (κ2) is 6.70. The van der Waals surface area contributed by atoms with Gasteiger partial charge in [0.2, 0.25) is 0 Å². The van der Waals surface area contributed by atoms with Gasteiger partial charge in [0.15, 0.2) is 4.32 Å². The van der Waals surface area contributed by atoms with E-state index in [1.54, 1.807) is 37.3 Å². The van der Waals surface area contributed by atoms with Gasteiger partial charge in [-0.1, -0.05) is 48.2 Å². The normalized spacial score (nSPS) is 15.9. The van der Waals surface area contributed by atoms with Crippen LogP contribution >= 0.6 is 24.0 Å². The number of phenolic OH excluding ortho intramolecular Hbond substituents is 1. The van der Waals surface area contributed by atoms with E-state index < -0.39 is 5.97 Å². The van der Waals surface area contributed by atoms with Crippen molar-refractivity contribution in [3.8, 4) is 5.75 Å². The lowest BCUT2D eigenvalue weighted by Crippen LogP contribution is -2.28. The maximum atomic E-state index is 12.8. The highest BCUT2D eigenvalue weighted by molar-refractivity contribution is 8.27. The van der Waals surface area contributed by atoms with Gasteiger partial charge >= 0.3 is 5.97 Å². The van der Waals surface area contributed by atoms with Gasteiger partial charge in [-0.3, -0.25) is 9.69 Å². The summed E-state index contributed by atoms with van der Waals surface area (Å²) in [5.41, 5.74) is 1.78. The molecule has 1 aliphatic rings. The largest absolute Gasteiger partial charge is 0.507 e. The molecule has 0 atom stereocenters. The number of carbonyl (C=O) groups excluding carboxylic acids is 1. The van der Waals surface area contributed by atoms with E-state index in [4.69, 9.17) is 12.2 Å². The number of carboxylic acids is 1. The third-order valence-corrected chi connectivity index (χ3v) is 5.02. The molecule has 0 spiro atoms. The molecular weight excluding hydrogens is 358 g/mol. The van der Waals surface area contributed by atoms with Crippen molar-refractivity contribution < 1.29 is 19.8 Å². The highest BCUT2D eigenvalue weighted by Crippen LogP contribution is 2.38. The number of hydrogen-bond acceptors (Lipinski definition) is 5. The molecule has 5 nitrogen and oxygen atoms in total. The molecular formula is C18H13NO4S2. The molecule has 2 aromatic carbocycles. The van der Waals surface area contributed by atoms with E-state index in [1.807, 2.05) is 0 Å². The van der Waals surface area contributed by atoms with Crippen LogP contribution in [-0.4, -0.2) is 26.4 Å². The molecule has 0 aliphatic carbocycles. The molecule has 2 aromatic rings. The summed E-state index contributed by atoms with van der Waals surface area (Å²) in [7, 11) is 0. The minimum atomic E-state index is -1.07. The quantitative estimate of drug-likeness (QED) is 0.631. The predicted octanol–water partition coefficient (Wildman–Crippen LogP) is 3.80. The number of phenols is 1. The number of carbonyl (C=O) groups is 2. The number of amides is 1. The summed E-state index contributed by atoms with van der Waals surface area (Å²) in [6, 6.07) is 11.2. The number of para-hydroxylation sites is 1. The summed E-state index contributed by atoms with van der Waals surface area (Å²) >= 11 is 6.43. The van der Waals surface area contributed by atoms with E-state index >= 15 is 0 Å². The number of aromatic hydroxyl groups is 1. The second-order valence-corrected chi connectivity index (χ2v) is 7.06. The number of thiocarbonyl (C=S) groups is 1. The predicted molar refractivity (Wildman–Crippen MR) is 102 cm³/mol. The number of nitrogens with zero attached hydrogens (tertiary/aromatic N) is 1. The Hall–Kier alpha value is -2.64. The van der Waals surface area contributed by atoms with Gasteiger partial charge in [-0.2, -0.15) is 0 Å². The van der Waals surface area contributed by atoms with Crippen molar-refractivity contribution in [2.45, 2.75) is 6.92 Å². The smallest absolute Gasteiger partial charge is 0.335 e. The van der Waals surface area contributed by atoms with E-state index in [2.05, 4.69) is 0 Å². The van der Waals surface area contributed by atoms with Crippen molar-refractivity contribution in [1.82, 2.24) is 0 Å². The lowest BCUT2D eigenvalue weighted by Gasteiger charge is -2.17. The summed E-state index contributed by atoms with van der Waals surface area (Å²) in [6.45, 7) is 1.78. The Bertz CT molecular complexity index is 936. The van der Waals surface area contributed by atoms with Crippen molar-refractivity contribution in [2.24, 2.45) is 0 Å². The van der Waals surface area contributed by atoms with Crippen molar-refractivity contribution in [1.29, 1.82) is 0 Å². The van der Waals surface area contributed by atoms with Crippen LogP contribution in [0.25, 0.3) is 6.08 Å². The second-order valence-electron chi connectivity index (χ2n) is 5.38. The van der Waals surface area contributed by atoms with Crippen molar-refractivity contribution in [2.75, 3.05) is 4.90 Å². The molecule has 1 heterocycles. The molecule has 126 valence electrons. The van der Waals surface area contributed by atoms with Gasteiger partial charge in [0.1, 0.15) is 5.75 Å². The van der Waals surface area contributed by atoms with Gasteiger partial charge in [0.05, 0.1) is 16.2 Å². The Morgan fingerprint density at radius 1 is 1.24 bits per heavy atom. The van der Waals surface area contributed by atoms with Crippen molar-refractivity contribution >= 4 is 51.9 Å². The van der Waals surface area contributed by atoms with E-state index in [9.17, 15) is 19.8 Å². The monoisotopic (exact) mass is 371 g/mol. The van der Waals surface area contributed by atoms with E-state index in [0.29, 0.717) is 20.5 Å². The van der Waals surface area contributed by atoms with Crippen LogP contribution in [0.4, 0.5) is 5.69 Å². The first-order valence-electron chi connectivity index (χ1n) is 7.28. The SMILES string of the molecule is Cc1ccc(C(=O)O)cc1N1C(=O)/C(=C/c2ccccc2O)SC1=S. The Balaban J connectivity index is 2.02. The lowest BCUT2D eigenvalue weighted by molar-refractivity contribution is -0.113. The van der Waals surface area contributed by atoms with Crippen LogP contribution in [0.5, 0.6) is 5.75 Å². The summed E-state index contributed by atoms with van der Waals surface area (Å²) in [6.07, 6.45) is 1.57. The number of benzene rings is 2. The molecule has 7 heteroatoms. The molecule has 0 unspecified atom stereocenters. The molecule has 0 radical (unpaired) electrons. The lowest BCUT2D eigenvalue weighted by atomic mass is 10.1. The molecule has 1 aliphatic heterocycles. The van der Waals surface area contributed by atoms with Gasteiger partial charge in [-0.15, -0.1) is 0 Å². The summed E-state index contributed by atoms with van der Waals surface area (Å²) < 4.78 is 0.317. The van der Waals surface area contributed by atoms with Crippen LogP contribution in [-0.2, 0) is 4.79 Å². The first kappa shape index (κ1) is 17.2. The number of thioether (sulfide) groups is 1. The van der Waals surface area contributed by atoms with Crippen LogP contribution in [0.3, 0.4) is 0 Å². The van der Waals surface area contributed by atoms with E-state index in [0.717, 1.165) is 17.3 Å². The van der Waals surface area contributed by atoms with Crippen LogP contribution < -0.4 is 4.90 Å². The fourth-order valence-corrected chi connectivity index (χ4v) is 3.69. The van der Waals surface area contributed by atoms with E-state index in [1.165, 1.54) is 23.1 Å². The number of carboxylic acid groups (broad SMARTS) is 1. The summed E-state index contributed by atoms with van der Waals surface area (Å²) in [5, 5.41) is 19.0. The molecule has 1 amide bonds. The molecule has 1 saturated heterocycles. The Morgan fingerprint density at radius 3 is 2.64 bits per heavy atom. The average Bonchev–Trinajstić information content (AvgIpc) is 2.84. The molecule has 25 heavy (non-hydrogen) atoms. The number of rotatable bonds is 3. The molecule has 0 aromatic heterocycles. The Kier molecular flexibility index (Phi) is 4.61. The molecule has 0 saturated carbocycles. The van der Waals surface area contributed by atoms with E-state index in [-0.39, 0.29) is 17.2 Å². The standard InChI is InChI=1S/C18H13NO4S2/c1-10-6-7-12(17(22)23)8-13(10)19-16(21)15(25-18(19)24)9-11-4-2-3-5-14(11)20/h2-9,20H,1H3,(H,22,23)/b15-9-. The Labute approximate surface area is 153 Å². The number of anilines is 1. The van der Waals surface area contributed by atoms with Gasteiger partial charge in [-0.25, -0.2) is 4.79 Å². The van der Waals surface area contributed by atoms with Crippen molar-refractivity contribution in [3.63, 3.8) is 0 Å². The zero-order valence-corrected chi connectivity index (χ0v) is 14.7. The van der Waals surface area contributed by atoms with Crippen LogP contribution in [0, 0.1) is 6.92 Å². The highest BCUT2D eigenvalue weighted by atomic mass is 32.2. The van der Waals surface area contributed by atoms with Gasteiger partial charge in [0.25, 0.3) is 5.91 Å². The average molecular weight is 371 g/mol. The number of aryl methyl sites for hydroxylation is 1. The van der Waals surface area contributed by atoms with Gasteiger partial charge in [0, 0.05) is 5.56 Å². The Morgan fingerprint density at radius 2 is 1.96 bits per heavy atom. The molecule has 3 rings (SSSR count). The zero-order chi connectivity index (χ0) is 18.1. The minimum Gasteiger partial charge on any atom is -0.507 e. The topological polar surface area (TPSA) is 77.8 Å². The zero-order valence-electron chi connectivity index (χ0n) is 13.1. The van der Waals surface area contributed by atoms with Crippen LogP contribution in [0.15, 0.2) is 47.4 Å². The minimum absolute atomic E-state index is 0.0665. The molecule has 1 fully saturated rings. The first-order valence-corrected chi connectivity index (χ1v) is 8.51. The first-order chi connectivity index (χ1) is 11.9. The van der Waals surface area contributed by atoms with Gasteiger partial charge in [-0.05, 0) is 36.8 Å². The van der Waals surface area contributed by atoms with Crippen LogP contribution in [0.2, 0.25) is 0 Å². The van der Waals surface area contributed by atoms with Gasteiger partial charge < -0.3 is 10.2 Å². The maximum Gasteiger partial charge on any atom is 0.335 e.